The maximum absolute atomic E-state index is 11.7. The first-order valence-corrected chi connectivity index (χ1v) is 7.73. The van der Waals surface area contributed by atoms with Crippen LogP contribution in [-0.4, -0.2) is 36.1 Å². The summed E-state index contributed by atoms with van der Waals surface area (Å²) in [7, 11) is 1.44. The van der Waals surface area contributed by atoms with E-state index in [9.17, 15) is 4.79 Å². The average Bonchev–Trinajstić information content (AvgIpc) is 3.00. The Labute approximate surface area is 133 Å². The van der Waals surface area contributed by atoms with Gasteiger partial charge in [0.15, 0.2) is 11.4 Å². The van der Waals surface area contributed by atoms with Crippen molar-refractivity contribution in [2.45, 2.75) is 12.8 Å². The molecule has 0 unspecified atom stereocenters. The zero-order valence-electron chi connectivity index (χ0n) is 12.9. The summed E-state index contributed by atoms with van der Waals surface area (Å²) in [6.45, 7) is 1.51. The Morgan fingerprint density at radius 1 is 1.26 bits per heavy atom. The van der Waals surface area contributed by atoms with Crippen LogP contribution >= 0.6 is 0 Å². The summed E-state index contributed by atoms with van der Waals surface area (Å²) in [6.07, 6.45) is 3.10. The third-order valence-corrected chi connectivity index (χ3v) is 4.47. The number of ether oxygens (including phenoxy) is 1. The fourth-order valence-corrected chi connectivity index (χ4v) is 3.23. The van der Waals surface area contributed by atoms with Crippen molar-refractivity contribution in [3.8, 4) is 0 Å². The fourth-order valence-electron chi connectivity index (χ4n) is 3.23. The molecule has 3 aromatic rings. The van der Waals surface area contributed by atoms with Crippen LogP contribution in [0, 0.1) is 5.92 Å². The Kier molecular flexibility index (Phi) is 3.37. The first kappa shape index (κ1) is 14.0. The van der Waals surface area contributed by atoms with E-state index in [1.807, 2.05) is 24.3 Å². The van der Waals surface area contributed by atoms with E-state index in [2.05, 4.69) is 14.9 Å². The van der Waals surface area contributed by atoms with Crippen LogP contribution in [-0.2, 0) is 9.53 Å². The molecule has 0 saturated carbocycles. The van der Waals surface area contributed by atoms with Crippen molar-refractivity contribution in [3.63, 3.8) is 0 Å². The quantitative estimate of drug-likeness (QED) is 0.678. The molecular formula is C17H17N3O3. The lowest BCUT2D eigenvalue weighted by Crippen LogP contribution is -2.37. The molecule has 0 radical (unpaired) electrons. The Morgan fingerprint density at radius 2 is 2.04 bits per heavy atom. The van der Waals surface area contributed by atoms with Crippen molar-refractivity contribution in [1.82, 2.24) is 9.97 Å². The molecule has 1 aliphatic heterocycles. The molecule has 0 amide bonds. The zero-order chi connectivity index (χ0) is 15.8. The molecule has 0 N–H and O–H groups in total. The van der Waals surface area contributed by atoms with Gasteiger partial charge in [0.05, 0.1) is 13.0 Å². The third kappa shape index (κ3) is 2.30. The van der Waals surface area contributed by atoms with Gasteiger partial charge in [0.1, 0.15) is 17.4 Å². The number of anilines is 1. The third-order valence-electron chi connectivity index (χ3n) is 4.47. The smallest absolute Gasteiger partial charge is 0.308 e. The zero-order valence-corrected chi connectivity index (χ0v) is 12.9. The molecule has 0 bridgehead atoms. The molecule has 1 aromatic carbocycles. The summed E-state index contributed by atoms with van der Waals surface area (Å²) in [5.41, 5.74) is 2.36. The van der Waals surface area contributed by atoms with Crippen molar-refractivity contribution in [3.05, 3.63) is 30.6 Å². The van der Waals surface area contributed by atoms with E-state index in [0.29, 0.717) is 5.58 Å². The maximum Gasteiger partial charge on any atom is 0.308 e. The minimum Gasteiger partial charge on any atom is -0.469 e. The number of carbonyl (C=O) groups excluding carboxylic acids is 1. The summed E-state index contributed by atoms with van der Waals surface area (Å²) < 4.78 is 10.8. The second-order valence-corrected chi connectivity index (χ2v) is 5.76. The Bertz CT molecular complexity index is 866. The number of para-hydroxylation sites is 1. The van der Waals surface area contributed by atoms with Gasteiger partial charge in [-0.15, -0.1) is 0 Å². The van der Waals surface area contributed by atoms with Crippen LogP contribution in [0.4, 0.5) is 5.82 Å². The highest BCUT2D eigenvalue weighted by Crippen LogP contribution is 2.33. The normalized spacial score (nSPS) is 16.1. The van der Waals surface area contributed by atoms with Crippen molar-refractivity contribution < 1.29 is 13.9 Å². The first-order valence-electron chi connectivity index (χ1n) is 7.73. The number of nitrogens with zero attached hydrogens (tertiary/aromatic N) is 3. The van der Waals surface area contributed by atoms with Crippen molar-refractivity contribution in [2.24, 2.45) is 5.92 Å². The molecule has 23 heavy (non-hydrogen) atoms. The highest BCUT2D eigenvalue weighted by Gasteiger charge is 2.28. The number of hydrogen-bond acceptors (Lipinski definition) is 6. The summed E-state index contributed by atoms with van der Waals surface area (Å²) in [5.74, 6) is 0.653. The molecular weight excluding hydrogens is 294 g/mol. The number of furan rings is 1. The van der Waals surface area contributed by atoms with Crippen molar-refractivity contribution in [1.29, 1.82) is 0 Å². The lowest BCUT2D eigenvalue weighted by molar-refractivity contribution is -0.146. The predicted molar refractivity (Wildman–Crippen MR) is 86.3 cm³/mol. The number of benzene rings is 1. The predicted octanol–water partition coefficient (Wildman–Crippen LogP) is 2.77. The molecule has 118 valence electrons. The van der Waals surface area contributed by atoms with E-state index in [4.69, 9.17) is 9.15 Å². The largest absolute Gasteiger partial charge is 0.469 e. The van der Waals surface area contributed by atoms with Crippen LogP contribution in [0.5, 0.6) is 0 Å². The molecule has 0 atom stereocenters. The SMILES string of the molecule is COC(=O)C1CCN(c2ncnc3c2oc2ccccc23)CC1. The average molecular weight is 311 g/mol. The Hall–Kier alpha value is -2.63. The molecule has 1 fully saturated rings. The maximum atomic E-state index is 11.7. The van der Waals surface area contributed by atoms with E-state index in [-0.39, 0.29) is 11.9 Å². The summed E-state index contributed by atoms with van der Waals surface area (Å²) in [4.78, 5) is 22.6. The number of fused-ring (bicyclic) bond motifs is 3. The van der Waals surface area contributed by atoms with E-state index in [0.717, 1.165) is 48.2 Å². The molecule has 0 spiro atoms. The lowest BCUT2D eigenvalue weighted by Gasteiger charge is -2.31. The summed E-state index contributed by atoms with van der Waals surface area (Å²) in [5, 5.41) is 0.996. The number of carbonyl (C=O) groups is 1. The van der Waals surface area contributed by atoms with Crippen molar-refractivity contribution in [2.75, 3.05) is 25.1 Å². The standard InChI is InChI=1S/C17H17N3O3/c1-22-17(21)11-6-8-20(9-7-11)16-15-14(18-10-19-16)12-4-2-3-5-13(12)23-15/h2-5,10-11H,6-9H2,1H3. The molecule has 4 rings (SSSR count). The highest BCUT2D eigenvalue weighted by molar-refractivity contribution is 6.05. The van der Waals surface area contributed by atoms with Crippen LogP contribution in [0.15, 0.2) is 35.0 Å². The first-order chi connectivity index (χ1) is 11.3. The molecule has 0 aliphatic carbocycles. The van der Waals surface area contributed by atoms with Gasteiger partial charge in [-0.05, 0) is 25.0 Å². The molecule has 1 aliphatic rings. The molecule has 6 heteroatoms. The number of aromatic nitrogens is 2. The van der Waals surface area contributed by atoms with Gasteiger partial charge in [-0.2, -0.15) is 0 Å². The van der Waals surface area contributed by atoms with Gasteiger partial charge in [0, 0.05) is 18.5 Å². The van der Waals surface area contributed by atoms with Gasteiger partial charge >= 0.3 is 5.97 Å². The highest BCUT2D eigenvalue weighted by atomic mass is 16.5. The molecule has 6 nitrogen and oxygen atoms in total. The van der Waals surface area contributed by atoms with E-state index in [1.165, 1.54) is 7.11 Å². The minimum atomic E-state index is -0.124. The summed E-state index contributed by atoms with van der Waals surface area (Å²) in [6, 6.07) is 7.85. The summed E-state index contributed by atoms with van der Waals surface area (Å²) >= 11 is 0. The number of piperidine rings is 1. The minimum absolute atomic E-state index is 0.0238. The second-order valence-electron chi connectivity index (χ2n) is 5.76. The van der Waals surface area contributed by atoms with Crippen LogP contribution in [0.2, 0.25) is 0 Å². The van der Waals surface area contributed by atoms with Gasteiger partial charge in [-0.25, -0.2) is 9.97 Å². The van der Waals surface area contributed by atoms with Crippen LogP contribution < -0.4 is 4.90 Å². The van der Waals surface area contributed by atoms with E-state index in [1.54, 1.807) is 6.33 Å². The monoisotopic (exact) mass is 311 g/mol. The van der Waals surface area contributed by atoms with Crippen LogP contribution in [0.25, 0.3) is 22.1 Å². The van der Waals surface area contributed by atoms with Gasteiger partial charge < -0.3 is 14.1 Å². The van der Waals surface area contributed by atoms with E-state index >= 15 is 0 Å². The van der Waals surface area contributed by atoms with Crippen LogP contribution in [0.3, 0.4) is 0 Å². The van der Waals surface area contributed by atoms with E-state index < -0.39 is 0 Å². The molecule has 1 saturated heterocycles. The van der Waals surface area contributed by atoms with Gasteiger partial charge in [-0.1, -0.05) is 12.1 Å². The molecule has 2 aromatic heterocycles. The number of rotatable bonds is 2. The topological polar surface area (TPSA) is 68.5 Å². The fraction of sp³-hybridized carbons (Fsp3) is 0.353. The molecule has 3 heterocycles. The van der Waals surface area contributed by atoms with Gasteiger partial charge in [0.2, 0.25) is 0 Å². The van der Waals surface area contributed by atoms with Gasteiger partial charge in [-0.3, -0.25) is 4.79 Å². The van der Waals surface area contributed by atoms with Gasteiger partial charge in [0.25, 0.3) is 0 Å². The second kappa shape index (κ2) is 5.53. The van der Waals surface area contributed by atoms with Crippen LogP contribution in [0.1, 0.15) is 12.8 Å². The number of hydrogen-bond donors (Lipinski definition) is 0. The van der Waals surface area contributed by atoms with Crippen molar-refractivity contribution >= 4 is 33.9 Å². The Morgan fingerprint density at radius 3 is 2.83 bits per heavy atom. The Balaban J connectivity index is 1.69. The lowest BCUT2D eigenvalue weighted by atomic mass is 9.97. The number of esters is 1. The number of methoxy groups -OCH3 is 1.